The van der Waals surface area contributed by atoms with Crippen LogP contribution in [0.25, 0.3) is 33.5 Å². The first-order valence-electron chi connectivity index (χ1n) is 39.5. The van der Waals surface area contributed by atoms with Crippen LogP contribution in [0.3, 0.4) is 0 Å². The second kappa shape index (κ2) is 35.6. The summed E-state index contributed by atoms with van der Waals surface area (Å²) in [4.78, 5) is 154. The molecule has 9 saturated heterocycles. The molecule has 0 spiro atoms. The fourth-order valence-corrected chi connectivity index (χ4v) is 16.4. The second-order valence-corrected chi connectivity index (χ2v) is 29.8. The van der Waals surface area contributed by atoms with Gasteiger partial charge in [0.1, 0.15) is 55.6 Å². The zero-order valence-corrected chi connectivity index (χ0v) is 65.0. The predicted molar refractivity (Wildman–Crippen MR) is 413 cm³/mol. The van der Waals surface area contributed by atoms with E-state index in [-0.39, 0.29) is 73.4 Å². The van der Waals surface area contributed by atoms with Crippen molar-refractivity contribution < 1.29 is 101 Å². The number of carbonyl (C=O) groups excluding carboxylic acids is 6. The van der Waals surface area contributed by atoms with Gasteiger partial charge in [-0.15, -0.1) is 0 Å². The number of likely N-dealkylation sites (tertiary alicyclic amines) is 3. The normalized spacial score (nSPS) is 27.6. The molecule has 9 aromatic rings. The summed E-state index contributed by atoms with van der Waals surface area (Å²) >= 11 is 0. The van der Waals surface area contributed by atoms with E-state index >= 15 is 0 Å². The molecular weight excluding hydrogens is 1570 g/mol. The molecule has 18 rings (SSSR count). The molecule has 0 radical (unpaired) electrons. The number of fused-ring (bicyclic) bond motifs is 6. The number of aromatic nitrogens is 12. The summed E-state index contributed by atoms with van der Waals surface area (Å²) in [5.41, 5.74) is 4.74. The van der Waals surface area contributed by atoms with Crippen LogP contribution in [-0.2, 0) is 71.4 Å². The molecule has 9 N–H and O–H groups in total. The van der Waals surface area contributed by atoms with E-state index in [2.05, 4.69) is 76.8 Å². The lowest BCUT2D eigenvalue weighted by atomic mass is 10.1. The number of urea groups is 3. The molecule has 42 nitrogen and oxygen atoms in total. The van der Waals surface area contributed by atoms with Gasteiger partial charge in [-0.25, -0.2) is 59.2 Å². The molecule has 15 heterocycles. The van der Waals surface area contributed by atoms with Crippen LogP contribution in [0.15, 0.2) is 129 Å². The van der Waals surface area contributed by atoms with Gasteiger partial charge in [-0.05, 0) is 46.0 Å². The third-order valence-corrected chi connectivity index (χ3v) is 22.1. The first-order valence-corrected chi connectivity index (χ1v) is 39.5. The van der Waals surface area contributed by atoms with Gasteiger partial charge in [-0.1, -0.05) is 91.0 Å². The van der Waals surface area contributed by atoms with Crippen molar-refractivity contribution in [3.8, 4) is 0 Å². The summed E-state index contributed by atoms with van der Waals surface area (Å²) in [6.07, 6.45) is -0.415. The maximum atomic E-state index is 13.7. The van der Waals surface area contributed by atoms with Crippen LogP contribution in [0.4, 0.5) is 31.8 Å². The van der Waals surface area contributed by atoms with Crippen LogP contribution in [-0.4, -0.2) is 256 Å². The monoisotopic (exact) mass is 1650 g/mol. The largest absolute Gasteiger partial charge is 0.481 e. The second-order valence-electron chi connectivity index (χ2n) is 29.8. The number of carboxylic acid groups (broad SMARTS) is 3. The highest BCUT2D eigenvalue weighted by atomic mass is 16.8. The van der Waals surface area contributed by atoms with Crippen molar-refractivity contribution in [3.05, 3.63) is 146 Å². The summed E-state index contributed by atoms with van der Waals surface area (Å²) in [5, 5.41) is 43.8. The van der Waals surface area contributed by atoms with Gasteiger partial charge in [-0.2, -0.15) is 0 Å². The summed E-state index contributed by atoms with van der Waals surface area (Å²) in [5.74, 6) is -3.92. The lowest BCUT2D eigenvalue weighted by Crippen LogP contribution is -2.44. The van der Waals surface area contributed by atoms with Crippen LogP contribution in [0, 0.1) is 17.8 Å². The number of ether oxygens (including phenoxy) is 9. The maximum Gasteiger partial charge on any atom is 0.320 e. The number of benzene rings is 3. The van der Waals surface area contributed by atoms with Gasteiger partial charge in [0.05, 0.1) is 55.9 Å². The van der Waals surface area contributed by atoms with Crippen molar-refractivity contribution in [1.82, 2.24) is 89.2 Å². The molecular formula is C78H87N21O21. The van der Waals surface area contributed by atoms with Crippen LogP contribution >= 0.6 is 0 Å². The van der Waals surface area contributed by atoms with E-state index in [4.69, 9.17) is 42.6 Å². The number of carboxylic acids is 3. The zero-order valence-electron chi connectivity index (χ0n) is 65.0. The fraction of sp³-hybridized carbons (Fsp3) is 0.462. The molecule has 0 aliphatic carbocycles. The minimum Gasteiger partial charge on any atom is -0.481 e. The third kappa shape index (κ3) is 17.0. The van der Waals surface area contributed by atoms with Crippen molar-refractivity contribution in [2.24, 2.45) is 17.8 Å². The SMILES string of the molecule is CCNC(=O)Nc1ncnc2c1ncn2C1OC(C(=O)N2CC[C@@H](CC(=O)O)C2)C2O[C@H](c3ccccc3)OC21.CCNC(=O)Nc1ncnc2c1ncn2C1OC(CC(=O)N2CC[C@@H](C(=O)O)C2)C2O[C@H](c3ccccc3)OC21.CCNC(=O)Nc1ncnc2c1ncn2C1OC(CC(=O)N2CC[C@H](C(=O)O)C2)C2O[C@H](c3ccccc3)OC21. The first kappa shape index (κ1) is 81.3. The Bertz CT molecular complexity index is 5050. The molecule has 9 aliphatic rings. The van der Waals surface area contributed by atoms with Crippen molar-refractivity contribution in [3.63, 3.8) is 0 Å². The van der Waals surface area contributed by atoms with E-state index in [9.17, 15) is 58.5 Å². The lowest BCUT2D eigenvalue weighted by Gasteiger charge is -2.24. The number of hydrogen-bond donors (Lipinski definition) is 9. The number of anilines is 3. The Balaban J connectivity index is 0.000000134. The molecule has 12 unspecified atom stereocenters. The van der Waals surface area contributed by atoms with Gasteiger partial charge in [-0.3, -0.25) is 58.4 Å². The standard InChI is InChI=1S/3C26H29N7O7/c1-2-27-26(37)31-21-17-22(29-12-28-21)33(13-30-17)24-20-18(39-25(40-20)15-6-4-3-5-7-15)19(38-24)23(36)32-9-8-14(11-32)10-16(34)35;2*1-2-27-26(37)31-21-18-22(29-12-28-21)33(13-30-18)23-20-19(39-25(40-20)14-6-4-3-5-7-14)16(38-23)10-17(34)32-9-8-15(11-32)24(35)36/h3-7,12-14,18-20,24-25H,2,8-11H2,1H3,(H,34,35)(H2,27,28,29,31,37);2*3-7,12-13,15-16,19-20,23,25H,2,8-11H2,1H3,(H,35,36)(H2,27,28,29,31,37)/t14-,18?,19?,20?,24?,25-;15-,16?,19?,20?,23?,25+;15-,16?,19?,20?,23?,25-/m010/s1. The Morgan fingerprint density at radius 3 is 1.10 bits per heavy atom. The third-order valence-electron chi connectivity index (χ3n) is 22.1. The minimum absolute atomic E-state index is 0.000480. The fourth-order valence-electron chi connectivity index (χ4n) is 16.4. The van der Waals surface area contributed by atoms with Gasteiger partial charge in [0, 0.05) is 82.0 Å². The van der Waals surface area contributed by atoms with E-state index < -0.39 is 140 Å². The summed E-state index contributed by atoms with van der Waals surface area (Å²) in [6.45, 7) is 8.64. The number of rotatable bonds is 21. The predicted octanol–water partition coefficient (Wildman–Crippen LogP) is 5.01. The summed E-state index contributed by atoms with van der Waals surface area (Å²) in [6, 6.07) is 27.1. The topological polar surface area (TPSA) is 510 Å². The quantitative estimate of drug-likeness (QED) is 0.0456. The Morgan fingerprint density at radius 2 is 0.742 bits per heavy atom. The average molecular weight is 1650 g/mol. The molecule has 0 saturated carbocycles. The molecule has 18 atom stereocenters. The van der Waals surface area contributed by atoms with E-state index in [1.807, 2.05) is 91.0 Å². The van der Waals surface area contributed by atoms with Gasteiger partial charge in [0.15, 0.2) is 94.6 Å². The summed E-state index contributed by atoms with van der Waals surface area (Å²) < 4.78 is 62.0. The number of amides is 9. The number of imidazole rings is 3. The lowest BCUT2D eigenvalue weighted by molar-refractivity contribution is -0.168. The average Bonchev–Trinajstić information content (AvgIpc) is 1.60. The zero-order chi connectivity index (χ0) is 83.4. The van der Waals surface area contributed by atoms with Crippen LogP contribution in [0.1, 0.15) is 114 Å². The highest BCUT2D eigenvalue weighted by Crippen LogP contribution is 2.50. The minimum atomic E-state index is -0.987. The van der Waals surface area contributed by atoms with Crippen LogP contribution in [0.5, 0.6) is 0 Å². The van der Waals surface area contributed by atoms with Gasteiger partial charge in [0.25, 0.3) is 5.91 Å². The molecule has 0 bridgehead atoms. The van der Waals surface area contributed by atoms with E-state index in [1.54, 1.807) is 49.2 Å². The highest BCUT2D eigenvalue weighted by molar-refractivity contribution is 5.98. The Kier molecular flexibility index (Phi) is 24.2. The summed E-state index contributed by atoms with van der Waals surface area (Å²) in [7, 11) is 0. The van der Waals surface area contributed by atoms with Crippen molar-refractivity contribution in [2.75, 3.05) is 74.9 Å². The first-order chi connectivity index (χ1) is 58.3. The van der Waals surface area contributed by atoms with Crippen LogP contribution in [0.2, 0.25) is 0 Å². The Morgan fingerprint density at radius 1 is 0.392 bits per heavy atom. The van der Waals surface area contributed by atoms with E-state index in [0.717, 1.165) is 16.7 Å². The smallest absolute Gasteiger partial charge is 0.320 e. The molecule has 3 aromatic carbocycles. The van der Waals surface area contributed by atoms with Crippen molar-refractivity contribution in [2.45, 2.75) is 152 Å². The van der Waals surface area contributed by atoms with E-state index in [0.29, 0.717) is 98.6 Å². The van der Waals surface area contributed by atoms with Crippen molar-refractivity contribution >= 4 is 105 Å². The number of carbonyl (C=O) groups is 9. The number of nitrogens with one attached hydrogen (secondary N) is 6. The van der Waals surface area contributed by atoms with E-state index in [1.165, 1.54) is 38.0 Å². The van der Waals surface area contributed by atoms with Gasteiger partial charge < -0.3 is 88.6 Å². The van der Waals surface area contributed by atoms with Gasteiger partial charge in [0.2, 0.25) is 11.8 Å². The molecule has 9 fully saturated rings. The molecule has 42 heteroatoms. The van der Waals surface area contributed by atoms with Crippen LogP contribution < -0.4 is 31.9 Å². The Hall–Kier alpha value is -12.4. The number of nitrogens with zero attached hydrogens (tertiary/aromatic N) is 15. The van der Waals surface area contributed by atoms with Gasteiger partial charge >= 0.3 is 36.0 Å². The molecule has 630 valence electrons. The molecule has 120 heavy (non-hydrogen) atoms. The highest BCUT2D eigenvalue weighted by Gasteiger charge is 2.59. The maximum absolute atomic E-state index is 13.7. The molecule has 9 aliphatic heterocycles. The molecule has 9 amide bonds. The number of hydrogen-bond acceptors (Lipinski definition) is 27. The Labute approximate surface area is 682 Å². The number of aliphatic carboxylic acids is 3. The molecule has 6 aromatic heterocycles. The van der Waals surface area contributed by atoms with Crippen molar-refractivity contribution in [1.29, 1.82) is 0 Å².